The molecular formula is C8H21O4PPd. The van der Waals surface area contributed by atoms with Crippen LogP contribution in [0.2, 0.25) is 7.78 Å². The van der Waals surface area contributed by atoms with Gasteiger partial charge in [-0.2, -0.15) is 0 Å². The molecule has 0 aliphatic carbocycles. The molecule has 0 aromatic heterocycles. The normalized spacial score (nSPS) is 13.5. The quantitative estimate of drug-likeness (QED) is 0.474. The summed E-state index contributed by atoms with van der Waals surface area (Å²) < 4.78 is 9.95. The van der Waals surface area contributed by atoms with Crippen molar-refractivity contribution in [1.82, 2.24) is 0 Å². The Balaban J connectivity index is 0. The van der Waals surface area contributed by atoms with Gasteiger partial charge in [-0.05, 0) is 0 Å². The minimum atomic E-state index is -4.64. The van der Waals surface area contributed by atoms with Crippen molar-refractivity contribution in [2.45, 2.75) is 49.3 Å². The molecule has 4 nitrogen and oxygen atoms in total. The smallest absolute Gasteiger partial charge is 0.303 e. The first-order valence-corrected chi connectivity index (χ1v) is 7.22. The van der Waals surface area contributed by atoms with Gasteiger partial charge in [0.1, 0.15) is 0 Å². The van der Waals surface area contributed by atoms with Gasteiger partial charge in [0.2, 0.25) is 0 Å². The van der Waals surface area contributed by atoms with Crippen molar-refractivity contribution in [3.05, 3.63) is 0 Å². The van der Waals surface area contributed by atoms with Crippen LogP contribution in [-0.4, -0.2) is 14.7 Å². The van der Waals surface area contributed by atoms with E-state index in [2.05, 4.69) is 41.5 Å². The molecule has 92 valence electrons. The van der Waals surface area contributed by atoms with E-state index in [1.54, 1.807) is 0 Å². The van der Waals surface area contributed by atoms with E-state index in [-0.39, 0.29) is 0 Å². The second-order valence-corrected chi connectivity index (χ2v) is 10.6. The van der Waals surface area contributed by atoms with Crippen molar-refractivity contribution in [3.63, 3.8) is 0 Å². The molecule has 0 fully saturated rings. The maximum atomic E-state index is 8.88. The Morgan fingerprint density at radius 2 is 1.00 bits per heavy atom. The first-order valence-electron chi connectivity index (χ1n) is 4.10. The van der Waals surface area contributed by atoms with Crippen molar-refractivity contribution >= 4 is 7.82 Å². The molecule has 0 amide bonds. The minimum absolute atomic E-state index is 0.534. The third-order valence-corrected chi connectivity index (χ3v) is 2.81. The summed E-state index contributed by atoms with van der Waals surface area (Å²) in [5.41, 5.74) is 0. The molecule has 0 saturated carbocycles. The van der Waals surface area contributed by atoms with Crippen LogP contribution in [0, 0.1) is 0 Å². The van der Waals surface area contributed by atoms with Crippen LogP contribution in [0.3, 0.4) is 0 Å². The van der Waals surface area contributed by atoms with Crippen LogP contribution in [0.25, 0.3) is 0 Å². The fourth-order valence-corrected chi connectivity index (χ4v) is 4.21. The Labute approximate surface area is 94.5 Å². The number of rotatable bonds is 0. The summed E-state index contributed by atoms with van der Waals surface area (Å²) in [6, 6.07) is 0. The Morgan fingerprint density at radius 3 is 1.00 bits per heavy atom. The van der Waals surface area contributed by atoms with E-state index < -0.39 is 7.82 Å². The molecule has 0 aliphatic rings. The first kappa shape index (κ1) is 17.2. The molecule has 0 spiro atoms. The summed E-state index contributed by atoms with van der Waals surface area (Å²) in [4.78, 5) is 21.6. The summed E-state index contributed by atoms with van der Waals surface area (Å²) in [7, 11) is -4.64. The van der Waals surface area contributed by atoms with E-state index in [9.17, 15) is 0 Å². The van der Waals surface area contributed by atoms with Crippen LogP contribution in [0.15, 0.2) is 0 Å². The summed E-state index contributed by atoms with van der Waals surface area (Å²) >= 11 is 0.858. The van der Waals surface area contributed by atoms with E-state index in [0.29, 0.717) is 7.78 Å². The average Bonchev–Trinajstić information content (AvgIpc) is 1.42. The molecule has 6 heteroatoms. The van der Waals surface area contributed by atoms with Crippen molar-refractivity contribution in [2.24, 2.45) is 0 Å². The molecule has 0 atom stereocenters. The summed E-state index contributed by atoms with van der Waals surface area (Å²) in [6.07, 6.45) is 0. The van der Waals surface area contributed by atoms with Gasteiger partial charge in [-0.15, -0.1) is 0 Å². The standard InChI is InChI=1S/2C4H9.H3O4P.Pd/c2*1-4(2)3;1-5(2,3)4;/h2*1-3H3;(H3,1,2,3,4);. The maximum Gasteiger partial charge on any atom is 0.466 e. The van der Waals surface area contributed by atoms with E-state index in [1.807, 2.05) is 0 Å². The van der Waals surface area contributed by atoms with Gasteiger partial charge in [-0.1, -0.05) is 0 Å². The fourth-order valence-electron chi connectivity index (χ4n) is 0.712. The molecule has 0 bridgehead atoms. The zero-order valence-electron chi connectivity index (χ0n) is 9.51. The van der Waals surface area contributed by atoms with Crippen LogP contribution >= 0.6 is 7.82 Å². The van der Waals surface area contributed by atoms with Crippen molar-refractivity contribution in [1.29, 1.82) is 0 Å². The molecule has 0 unspecified atom stereocenters. The molecule has 0 aromatic rings. The molecule has 0 aliphatic heterocycles. The molecule has 0 rings (SSSR count). The van der Waals surface area contributed by atoms with E-state index in [0.717, 1.165) is 18.0 Å². The van der Waals surface area contributed by atoms with Gasteiger partial charge in [0.25, 0.3) is 0 Å². The zero-order chi connectivity index (χ0) is 12.2. The number of hydrogen-bond donors (Lipinski definition) is 3. The molecule has 3 N–H and O–H groups in total. The van der Waals surface area contributed by atoms with Gasteiger partial charge in [-0.3, -0.25) is 0 Å². The molecule has 0 aromatic carbocycles. The fraction of sp³-hybridized carbons (Fsp3) is 1.00. The van der Waals surface area contributed by atoms with E-state index in [1.165, 1.54) is 0 Å². The molecule has 0 radical (unpaired) electrons. The van der Waals surface area contributed by atoms with Crippen LogP contribution in [0.1, 0.15) is 41.5 Å². The van der Waals surface area contributed by atoms with Gasteiger partial charge in [0, 0.05) is 0 Å². The number of hydrogen-bond acceptors (Lipinski definition) is 1. The summed E-state index contributed by atoms with van der Waals surface area (Å²) in [5.74, 6) is 0. The SMILES string of the molecule is C[C](C)(C)[Pd][C](C)(C)C.O=P(O)(O)O. The van der Waals surface area contributed by atoms with Gasteiger partial charge >= 0.3 is 75.1 Å². The summed E-state index contributed by atoms with van der Waals surface area (Å²) in [6.45, 7) is 13.9. The minimum Gasteiger partial charge on any atom is -0.303 e. The number of phosphoric acid groups is 1. The van der Waals surface area contributed by atoms with E-state index >= 15 is 0 Å². The van der Waals surface area contributed by atoms with E-state index in [4.69, 9.17) is 19.2 Å². The van der Waals surface area contributed by atoms with Crippen LogP contribution < -0.4 is 0 Å². The first-order chi connectivity index (χ1) is 5.71. The molecule has 14 heavy (non-hydrogen) atoms. The molecular weight excluding hydrogens is 297 g/mol. The predicted octanol–water partition coefficient (Wildman–Crippen LogP) is 2.58. The molecule has 0 heterocycles. The topological polar surface area (TPSA) is 77.8 Å². The average molecular weight is 319 g/mol. The van der Waals surface area contributed by atoms with Crippen LogP contribution in [0.4, 0.5) is 0 Å². The van der Waals surface area contributed by atoms with Crippen LogP contribution in [-0.2, 0) is 22.5 Å². The summed E-state index contributed by atoms with van der Waals surface area (Å²) in [5, 5.41) is 0. The van der Waals surface area contributed by atoms with Gasteiger partial charge < -0.3 is 14.7 Å². The third-order valence-electron chi connectivity index (χ3n) is 0.474. The Morgan fingerprint density at radius 1 is 0.857 bits per heavy atom. The zero-order valence-corrected chi connectivity index (χ0v) is 12.0. The van der Waals surface area contributed by atoms with Crippen LogP contribution in [0.5, 0.6) is 0 Å². The van der Waals surface area contributed by atoms with Crippen molar-refractivity contribution in [3.8, 4) is 0 Å². The monoisotopic (exact) mass is 318 g/mol. The van der Waals surface area contributed by atoms with Crippen molar-refractivity contribution in [2.75, 3.05) is 0 Å². The molecule has 0 saturated heterocycles. The van der Waals surface area contributed by atoms with Gasteiger partial charge in [0.15, 0.2) is 0 Å². The Hall–Kier alpha value is 0.772. The second kappa shape index (κ2) is 5.75. The largest absolute Gasteiger partial charge is 0.466 e. The predicted molar refractivity (Wildman–Crippen MR) is 53.7 cm³/mol. The second-order valence-electron chi connectivity index (χ2n) is 4.54. The maximum absolute atomic E-state index is 8.88. The van der Waals surface area contributed by atoms with Gasteiger partial charge in [0.05, 0.1) is 0 Å². The Bertz CT molecular complexity index is 178. The van der Waals surface area contributed by atoms with Crippen molar-refractivity contribution < 1.29 is 37.2 Å². The van der Waals surface area contributed by atoms with Gasteiger partial charge in [-0.25, -0.2) is 4.57 Å². The Kier molecular flexibility index (Phi) is 7.05. The third kappa shape index (κ3) is 38.6.